The Kier molecular flexibility index (Phi) is 4.95. The van der Waals surface area contributed by atoms with E-state index in [4.69, 9.17) is 0 Å². The minimum Gasteiger partial charge on any atom is -0.341 e. The van der Waals surface area contributed by atoms with E-state index in [1.54, 1.807) is 31.3 Å². The molecule has 1 aromatic carbocycles. The van der Waals surface area contributed by atoms with Gasteiger partial charge in [0.1, 0.15) is 0 Å². The van der Waals surface area contributed by atoms with E-state index in [1.165, 1.54) is 0 Å². The first kappa shape index (κ1) is 14.3. The van der Waals surface area contributed by atoms with Crippen molar-refractivity contribution in [3.05, 3.63) is 24.3 Å². The van der Waals surface area contributed by atoms with E-state index in [-0.39, 0.29) is 18.0 Å². The Hall–Kier alpha value is -2.08. The zero-order chi connectivity index (χ0) is 14.4. The third kappa shape index (κ3) is 3.96. The molecule has 6 heteroatoms. The van der Waals surface area contributed by atoms with Crippen LogP contribution in [0.5, 0.6) is 0 Å². The van der Waals surface area contributed by atoms with E-state index in [1.807, 2.05) is 0 Å². The molecule has 1 aliphatic rings. The smallest absolute Gasteiger partial charge is 0.318 e. The second-order valence-corrected chi connectivity index (χ2v) is 4.77. The highest BCUT2D eigenvalue weighted by Gasteiger charge is 2.20. The van der Waals surface area contributed by atoms with Gasteiger partial charge >= 0.3 is 6.03 Å². The van der Waals surface area contributed by atoms with Crippen LogP contribution in [-0.2, 0) is 4.79 Å². The highest BCUT2D eigenvalue weighted by molar-refractivity contribution is 5.95. The molecule has 20 heavy (non-hydrogen) atoms. The Balaban J connectivity index is 1.89. The Morgan fingerprint density at radius 1 is 1.10 bits per heavy atom. The summed E-state index contributed by atoms with van der Waals surface area (Å²) in [4.78, 5) is 23.2. The molecule has 0 saturated carbocycles. The predicted octanol–water partition coefficient (Wildman–Crippen LogP) is 1.52. The van der Waals surface area contributed by atoms with Gasteiger partial charge in [0.15, 0.2) is 0 Å². The molecule has 0 bridgehead atoms. The molecule has 0 aliphatic carbocycles. The fraction of sp³-hybridized carbons (Fsp3) is 0.429. The molecule has 3 amide bonds. The van der Waals surface area contributed by atoms with Crippen LogP contribution in [0.1, 0.15) is 19.3 Å². The number of hydrogen-bond acceptors (Lipinski definition) is 3. The van der Waals surface area contributed by atoms with Crippen LogP contribution in [0.25, 0.3) is 0 Å². The molecule has 1 fully saturated rings. The van der Waals surface area contributed by atoms with Crippen molar-refractivity contribution in [3.8, 4) is 0 Å². The fourth-order valence-corrected chi connectivity index (χ4v) is 2.14. The molecule has 0 aromatic heterocycles. The fourth-order valence-electron chi connectivity index (χ4n) is 2.14. The van der Waals surface area contributed by atoms with Gasteiger partial charge in [-0.15, -0.1) is 0 Å². The summed E-state index contributed by atoms with van der Waals surface area (Å²) in [5.74, 6) is -0.00305. The van der Waals surface area contributed by atoms with Gasteiger partial charge < -0.3 is 21.3 Å². The maximum absolute atomic E-state index is 12.0. The molecule has 1 aliphatic heterocycles. The van der Waals surface area contributed by atoms with Crippen molar-refractivity contribution in [2.24, 2.45) is 0 Å². The second-order valence-electron chi connectivity index (χ2n) is 4.77. The summed E-state index contributed by atoms with van der Waals surface area (Å²) >= 11 is 0. The van der Waals surface area contributed by atoms with Crippen LogP contribution in [0.3, 0.4) is 0 Å². The molecular formula is C14H20N4O2. The largest absolute Gasteiger partial charge is 0.341 e. The third-order valence-corrected chi connectivity index (χ3v) is 3.26. The highest BCUT2D eigenvalue weighted by Crippen LogP contribution is 2.15. The molecule has 6 nitrogen and oxygen atoms in total. The van der Waals surface area contributed by atoms with Gasteiger partial charge in [-0.25, -0.2) is 4.79 Å². The lowest BCUT2D eigenvalue weighted by molar-refractivity contribution is -0.118. The summed E-state index contributed by atoms with van der Waals surface area (Å²) in [6.45, 7) is 0.896. The van der Waals surface area contributed by atoms with Gasteiger partial charge in [-0.3, -0.25) is 4.79 Å². The van der Waals surface area contributed by atoms with Crippen molar-refractivity contribution in [1.82, 2.24) is 10.6 Å². The van der Waals surface area contributed by atoms with Gasteiger partial charge in [0.2, 0.25) is 5.91 Å². The first-order chi connectivity index (χ1) is 9.69. The predicted molar refractivity (Wildman–Crippen MR) is 78.8 cm³/mol. The number of carbonyl (C=O) groups is 2. The van der Waals surface area contributed by atoms with Crippen LogP contribution in [0.15, 0.2) is 24.3 Å². The number of hydrogen-bond donors (Lipinski definition) is 4. The molecule has 0 radical (unpaired) electrons. The van der Waals surface area contributed by atoms with E-state index in [2.05, 4.69) is 21.3 Å². The minimum atomic E-state index is -0.270. The molecule has 108 valence electrons. The van der Waals surface area contributed by atoms with Crippen LogP contribution in [0.4, 0.5) is 16.2 Å². The topological polar surface area (TPSA) is 82.3 Å². The molecule has 4 N–H and O–H groups in total. The monoisotopic (exact) mass is 276 g/mol. The summed E-state index contributed by atoms with van der Waals surface area (Å²) in [7, 11) is 1.56. The SMILES string of the molecule is CNC(=O)Nc1ccc(NC(=O)[C@@H]2CCCCN2)cc1. The number of carbonyl (C=O) groups excluding carboxylic acids is 2. The van der Waals surface area contributed by atoms with Gasteiger partial charge in [0.05, 0.1) is 6.04 Å². The summed E-state index contributed by atoms with van der Waals surface area (Å²) in [5, 5.41) is 11.2. The molecule has 0 unspecified atom stereocenters. The maximum atomic E-state index is 12.0. The van der Waals surface area contributed by atoms with Gasteiger partial charge in [0, 0.05) is 18.4 Å². The average Bonchev–Trinajstić information content (AvgIpc) is 2.50. The van der Waals surface area contributed by atoms with Crippen molar-refractivity contribution in [3.63, 3.8) is 0 Å². The Morgan fingerprint density at radius 2 is 1.75 bits per heavy atom. The molecule has 1 saturated heterocycles. The lowest BCUT2D eigenvalue weighted by atomic mass is 10.0. The Labute approximate surface area is 118 Å². The van der Waals surface area contributed by atoms with E-state index >= 15 is 0 Å². The molecule has 1 aromatic rings. The van der Waals surface area contributed by atoms with Crippen LogP contribution in [-0.4, -0.2) is 31.6 Å². The van der Waals surface area contributed by atoms with Crippen LogP contribution in [0.2, 0.25) is 0 Å². The van der Waals surface area contributed by atoms with Crippen molar-refractivity contribution in [2.75, 3.05) is 24.2 Å². The summed E-state index contributed by atoms with van der Waals surface area (Å²) in [6, 6.07) is 6.66. The second kappa shape index (κ2) is 6.91. The summed E-state index contributed by atoms with van der Waals surface area (Å²) in [6.07, 6.45) is 3.09. The third-order valence-electron chi connectivity index (χ3n) is 3.26. The van der Waals surface area contributed by atoms with Crippen LogP contribution >= 0.6 is 0 Å². The van der Waals surface area contributed by atoms with E-state index < -0.39 is 0 Å². The molecule has 0 spiro atoms. The lowest BCUT2D eigenvalue weighted by Crippen LogP contribution is -2.43. The zero-order valence-electron chi connectivity index (χ0n) is 11.5. The number of piperidine rings is 1. The quantitative estimate of drug-likeness (QED) is 0.675. The first-order valence-corrected chi connectivity index (χ1v) is 6.82. The normalized spacial score (nSPS) is 18.1. The van der Waals surface area contributed by atoms with E-state index in [9.17, 15) is 9.59 Å². The number of rotatable bonds is 3. The standard InChI is InChI=1S/C14H20N4O2/c1-15-14(20)18-11-7-5-10(6-8-11)17-13(19)12-4-2-3-9-16-12/h5-8,12,16H,2-4,9H2,1H3,(H,17,19)(H2,15,18,20)/t12-/m0/s1. The molecule has 1 heterocycles. The van der Waals surface area contributed by atoms with Crippen molar-refractivity contribution >= 4 is 23.3 Å². The van der Waals surface area contributed by atoms with Gasteiger partial charge in [0.25, 0.3) is 0 Å². The van der Waals surface area contributed by atoms with Crippen LogP contribution < -0.4 is 21.3 Å². The Bertz CT molecular complexity index is 467. The van der Waals surface area contributed by atoms with Crippen molar-refractivity contribution in [2.45, 2.75) is 25.3 Å². The zero-order valence-corrected chi connectivity index (χ0v) is 11.5. The van der Waals surface area contributed by atoms with E-state index in [0.717, 1.165) is 31.5 Å². The number of benzene rings is 1. The molecular weight excluding hydrogens is 256 g/mol. The number of urea groups is 1. The summed E-state index contributed by atoms with van der Waals surface area (Å²) < 4.78 is 0. The van der Waals surface area contributed by atoms with E-state index in [0.29, 0.717) is 5.69 Å². The lowest BCUT2D eigenvalue weighted by Gasteiger charge is -2.22. The van der Waals surface area contributed by atoms with Crippen molar-refractivity contribution in [1.29, 1.82) is 0 Å². The average molecular weight is 276 g/mol. The first-order valence-electron chi connectivity index (χ1n) is 6.82. The number of anilines is 2. The highest BCUT2D eigenvalue weighted by atomic mass is 16.2. The summed E-state index contributed by atoms with van der Waals surface area (Å²) in [5.41, 5.74) is 1.41. The van der Waals surface area contributed by atoms with Crippen molar-refractivity contribution < 1.29 is 9.59 Å². The van der Waals surface area contributed by atoms with Gasteiger partial charge in [-0.2, -0.15) is 0 Å². The maximum Gasteiger partial charge on any atom is 0.318 e. The number of amides is 3. The number of nitrogens with one attached hydrogen (secondary N) is 4. The minimum absolute atomic E-state index is 0.00305. The van der Waals surface area contributed by atoms with Gasteiger partial charge in [-0.1, -0.05) is 6.42 Å². The van der Waals surface area contributed by atoms with Crippen LogP contribution in [0, 0.1) is 0 Å². The van der Waals surface area contributed by atoms with Gasteiger partial charge in [-0.05, 0) is 43.7 Å². The Morgan fingerprint density at radius 3 is 2.30 bits per heavy atom. The molecule has 2 rings (SSSR count). The molecule has 1 atom stereocenters.